The Bertz CT molecular complexity index is 649. The van der Waals surface area contributed by atoms with Crippen molar-refractivity contribution in [2.24, 2.45) is 0 Å². The topological polar surface area (TPSA) is 41.6 Å². The lowest BCUT2D eigenvalue weighted by Gasteiger charge is -2.19. The summed E-state index contributed by atoms with van der Waals surface area (Å²) < 4.78 is 6.90. The van der Waals surface area contributed by atoms with Crippen LogP contribution in [0.1, 0.15) is 10.4 Å². The maximum Gasteiger partial charge on any atom is 0.317 e. The fourth-order valence-electron chi connectivity index (χ4n) is 2.45. The molecule has 1 aliphatic rings. The normalized spacial score (nSPS) is 16.0. The molecule has 1 N–H and O–H groups in total. The minimum atomic E-state index is -0.0796. The van der Waals surface area contributed by atoms with Gasteiger partial charge in [-0.15, -0.1) is 11.3 Å². The Morgan fingerprint density at radius 3 is 2.95 bits per heavy atom. The number of halogens is 1. The molecule has 1 aliphatic heterocycles. The summed E-state index contributed by atoms with van der Waals surface area (Å²) in [6.45, 7) is 1.12. The van der Waals surface area contributed by atoms with Crippen LogP contribution in [0.5, 0.6) is 5.75 Å². The Labute approximate surface area is 142 Å². The minimum absolute atomic E-state index is 0.0191. The van der Waals surface area contributed by atoms with Gasteiger partial charge >= 0.3 is 6.03 Å². The van der Waals surface area contributed by atoms with E-state index < -0.39 is 0 Å². The van der Waals surface area contributed by atoms with Gasteiger partial charge in [-0.1, -0.05) is 18.2 Å². The molecule has 0 aliphatic carbocycles. The zero-order valence-electron chi connectivity index (χ0n) is 12.2. The van der Waals surface area contributed by atoms with Crippen molar-refractivity contribution in [2.45, 2.75) is 19.1 Å². The van der Waals surface area contributed by atoms with Crippen molar-refractivity contribution in [3.8, 4) is 5.75 Å². The molecule has 0 bridgehead atoms. The second kappa shape index (κ2) is 6.71. The Morgan fingerprint density at radius 1 is 1.41 bits per heavy atom. The van der Waals surface area contributed by atoms with E-state index in [1.807, 2.05) is 30.3 Å². The average molecular weight is 381 g/mol. The summed E-state index contributed by atoms with van der Waals surface area (Å²) in [6, 6.07) is 12.0. The van der Waals surface area contributed by atoms with E-state index in [-0.39, 0.29) is 12.1 Å². The molecule has 2 heterocycles. The van der Waals surface area contributed by atoms with E-state index in [2.05, 4.69) is 27.3 Å². The van der Waals surface area contributed by atoms with Crippen LogP contribution in [0.4, 0.5) is 4.79 Å². The van der Waals surface area contributed by atoms with E-state index in [1.165, 1.54) is 5.56 Å². The third kappa shape index (κ3) is 3.62. The maximum atomic E-state index is 12.1. The average Bonchev–Trinajstić information content (AvgIpc) is 3.10. The number of ether oxygens (including phenoxy) is 1. The van der Waals surface area contributed by atoms with Crippen molar-refractivity contribution >= 4 is 33.3 Å². The van der Waals surface area contributed by atoms with Crippen LogP contribution in [0.15, 0.2) is 40.2 Å². The van der Waals surface area contributed by atoms with E-state index in [0.29, 0.717) is 13.1 Å². The molecule has 2 aromatic rings. The van der Waals surface area contributed by atoms with E-state index in [0.717, 1.165) is 20.8 Å². The fraction of sp³-hybridized carbons (Fsp3) is 0.312. The summed E-state index contributed by atoms with van der Waals surface area (Å²) in [5, 5.41) is 2.94. The highest BCUT2D eigenvalue weighted by atomic mass is 79.9. The van der Waals surface area contributed by atoms with E-state index in [9.17, 15) is 4.79 Å². The fourth-order valence-corrected chi connectivity index (χ4v) is 3.98. The number of para-hydroxylation sites is 1. The van der Waals surface area contributed by atoms with Crippen LogP contribution >= 0.6 is 27.3 Å². The van der Waals surface area contributed by atoms with Crippen LogP contribution in [0, 0.1) is 0 Å². The van der Waals surface area contributed by atoms with Gasteiger partial charge in [0.1, 0.15) is 11.9 Å². The van der Waals surface area contributed by atoms with Crippen LogP contribution in [0.25, 0.3) is 0 Å². The molecule has 1 aromatic heterocycles. The molecule has 0 radical (unpaired) electrons. The second-order valence-corrected chi connectivity index (χ2v) is 7.85. The maximum absolute atomic E-state index is 12.1. The van der Waals surface area contributed by atoms with Crippen molar-refractivity contribution in [3.05, 3.63) is 50.6 Å². The summed E-state index contributed by atoms with van der Waals surface area (Å²) in [6.07, 6.45) is 0.864. The molecule has 2 amide bonds. The first-order chi connectivity index (χ1) is 10.6. The molecule has 4 nitrogen and oxygen atoms in total. The Kier molecular flexibility index (Phi) is 4.69. The number of hydrogen-bond acceptors (Lipinski definition) is 3. The van der Waals surface area contributed by atoms with Gasteiger partial charge < -0.3 is 15.0 Å². The number of thiophene rings is 1. The largest absolute Gasteiger partial charge is 0.488 e. The lowest BCUT2D eigenvalue weighted by molar-refractivity contribution is 0.191. The van der Waals surface area contributed by atoms with E-state index in [1.54, 1.807) is 23.3 Å². The quantitative estimate of drug-likeness (QED) is 0.879. The third-order valence-corrected chi connectivity index (χ3v) is 5.17. The van der Waals surface area contributed by atoms with Crippen molar-refractivity contribution < 1.29 is 9.53 Å². The molecule has 1 unspecified atom stereocenters. The van der Waals surface area contributed by atoms with Crippen LogP contribution in [-0.4, -0.2) is 30.6 Å². The predicted octanol–water partition coefficient (Wildman–Crippen LogP) is 3.66. The second-order valence-electron chi connectivity index (χ2n) is 5.30. The van der Waals surface area contributed by atoms with Gasteiger partial charge in [0.05, 0.1) is 16.9 Å². The summed E-state index contributed by atoms with van der Waals surface area (Å²) in [7, 11) is 1.80. The van der Waals surface area contributed by atoms with Gasteiger partial charge in [-0.05, 0) is 39.7 Å². The standard InChI is InChI=1S/C16H17BrN2O2S/c1-19(10-13-6-7-15(17)22-13)16(20)18-9-12-8-11-4-2-3-5-14(11)21-12/h2-7,12H,8-10H2,1H3,(H,18,20). The van der Waals surface area contributed by atoms with Crippen molar-refractivity contribution in [1.29, 1.82) is 0 Å². The lowest BCUT2D eigenvalue weighted by atomic mass is 10.1. The molecular weight excluding hydrogens is 364 g/mol. The molecule has 22 heavy (non-hydrogen) atoms. The Hall–Kier alpha value is -1.53. The van der Waals surface area contributed by atoms with Gasteiger partial charge in [0.25, 0.3) is 0 Å². The first kappa shape index (κ1) is 15.4. The Balaban J connectivity index is 1.47. The van der Waals surface area contributed by atoms with Crippen LogP contribution < -0.4 is 10.1 Å². The molecule has 0 saturated heterocycles. The molecule has 1 aromatic carbocycles. The zero-order valence-corrected chi connectivity index (χ0v) is 14.6. The van der Waals surface area contributed by atoms with Gasteiger partial charge in [0, 0.05) is 18.3 Å². The predicted molar refractivity (Wildman–Crippen MR) is 91.4 cm³/mol. The van der Waals surface area contributed by atoms with Crippen molar-refractivity contribution in [1.82, 2.24) is 10.2 Å². The van der Waals surface area contributed by atoms with E-state index in [4.69, 9.17) is 4.74 Å². The van der Waals surface area contributed by atoms with E-state index >= 15 is 0 Å². The summed E-state index contributed by atoms with van der Waals surface area (Å²) in [5.74, 6) is 0.929. The monoisotopic (exact) mass is 380 g/mol. The molecule has 6 heteroatoms. The molecule has 0 spiro atoms. The number of urea groups is 1. The highest BCUT2D eigenvalue weighted by molar-refractivity contribution is 9.11. The van der Waals surface area contributed by atoms with Gasteiger partial charge in [0.2, 0.25) is 0 Å². The SMILES string of the molecule is CN(Cc1ccc(Br)s1)C(=O)NCC1Cc2ccccc2O1. The number of benzene rings is 1. The van der Waals surface area contributed by atoms with Crippen LogP contribution in [0.2, 0.25) is 0 Å². The number of fused-ring (bicyclic) bond motifs is 1. The minimum Gasteiger partial charge on any atom is -0.488 e. The number of rotatable bonds is 4. The highest BCUT2D eigenvalue weighted by Gasteiger charge is 2.23. The summed E-state index contributed by atoms with van der Waals surface area (Å²) in [4.78, 5) is 15.0. The van der Waals surface area contributed by atoms with Gasteiger partial charge in [-0.25, -0.2) is 4.79 Å². The first-order valence-electron chi connectivity index (χ1n) is 7.09. The Morgan fingerprint density at radius 2 is 2.23 bits per heavy atom. The van der Waals surface area contributed by atoms with Gasteiger partial charge in [0.15, 0.2) is 0 Å². The van der Waals surface area contributed by atoms with Crippen molar-refractivity contribution in [3.63, 3.8) is 0 Å². The lowest BCUT2D eigenvalue weighted by Crippen LogP contribution is -2.41. The third-order valence-electron chi connectivity index (χ3n) is 3.56. The first-order valence-corrected chi connectivity index (χ1v) is 8.70. The molecule has 116 valence electrons. The molecule has 0 fully saturated rings. The smallest absolute Gasteiger partial charge is 0.317 e. The molecule has 3 rings (SSSR count). The number of amides is 2. The zero-order chi connectivity index (χ0) is 15.5. The number of hydrogen-bond donors (Lipinski definition) is 1. The van der Waals surface area contributed by atoms with Gasteiger partial charge in [-0.2, -0.15) is 0 Å². The van der Waals surface area contributed by atoms with Crippen LogP contribution in [0.3, 0.4) is 0 Å². The number of carbonyl (C=O) groups excluding carboxylic acids is 1. The summed E-state index contributed by atoms with van der Waals surface area (Å²) >= 11 is 5.07. The summed E-state index contributed by atoms with van der Waals surface area (Å²) in [5.41, 5.74) is 1.21. The molecular formula is C16H17BrN2O2S. The van der Waals surface area contributed by atoms with Crippen molar-refractivity contribution in [2.75, 3.05) is 13.6 Å². The molecule has 1 atom stereocenters. The number of nitrogens with zero attached hydrogens (tertiary/aromatic N) is 1. The number of nitrogens with one attached hydrogen (secondary N) is 1. The van der Waals surface area contributed by atoms with Gasteiger partial charge in [-0.3, -0.25) is 0 Å². The van der Waals surface area contributed by atoms with Crippen LogP contribution in [-0.2, 0) is 13.0 Å². The molecule has 0 saturated carbocycles. The number of carbonyl (C=O) groups is 1. The highest BCUT2D eigenvalue weighted by Crippen LogP contribution is 2.27.